The third kappa shape index (κ3) is 1.74. The van der Waals surface area contributed by atoms with Gasteiger partial charge in [0.2, 0.25) is 0 Å². The highest BCUT2D eigenvalue weighted by Gasteiger charge is 2.29. The minimum Gasteiger partial charge on any atom is -0.481 e. The monoisotopic (exact) mass is 221 g/mol. The zero-order valence-corrected chi connectivity index (χ0v) is 9.07. The van der Waals surface area contributed by atoms with E-state index in [4.69, 9.17) is 16.3 Å². The summed E-state index contributed by atoms with van der Waals surface area (Å²) in [6.07, 6.45) is 4.12. The Hall–Kier alpha value is -1.02. The first-order valence-corrected chi connectivity index (χ1v) is 5.65. The molecule has 0 bridgehead atoms. The second-order valence-corrected chi connectivity index (χ2v) is 4.59. The molecular weight excluding hydrogens is 210 g/mol. The van der Waals surface area contributed by atoms with Crippen LogP contribution in [0.1, 0.15) is 35.9 Å². The smallest absolute Gasteiger partial charge is 0.170 e. The second kappa shape index (κ2) is 3.53. The van der Waals surface area contributed by atoms with E-state index >= 15 is 0 Å². The van der Waals surface area contributed by atoms with Gasteiger partial charge in [0.25, 0.3) is 0 Å². The number of nitrogens with zero attached hydrogens (tertiary/aromatic N) is 1. The summed E-state index contributed by atoms with van der Waals surface area (Å²) < 4.78 is 5.17. The molecule has 1 aliphatic heterocycles. The molecule has 0 N–H and O–H groups in total. The van der Waals surface area contributed by atoms with E-state index in [2.05, 4.69) is 17.1 Å². The number of ether oxygens (including phenoxy) is 1. The van der Waals surface area contributed by atoms with Gasteiger partial charge in [-0.25, -0.2) is 4.99 Å². The predicted octanol–water partition coefficient (Wildman–Crippen LogP) is 3.32. The van der Waals surface area contributed by atoms with Crippen LogP contribution in [-0.2, 0) is 4.74 Å². The van der Waals surface area contributed by atoms with E-state index in [0.29, 0.717) is 12.5 Å². The normalized spacial score (nSPS) is 24.2. The first-order chi connectivity index (χ1) is 7.34. The van der Waals surface area contributed by atoms with E-state index < -0.39 is 0 Å². The molecular formula is C12H12ClNO. The van der Waals surface area contributed by atoms with E-state index in [1.54, 1.807) is 6.40 Å². The average Bonchev–Trinajstić information content (AvgIpc) is 2.95. The molecule has 1 aromatic carbocycles. The highest BCUT2D eigenvalue weighted by atomic mass is 35.5. The lowest BCUT2D eigenvalue weighted by molar-refractivity contribution is 0.330. The number of hydrogen-bond donors (Lipinski definition) is 0. The van der Waals surface area contributed by atoms with Crippen molar-refractivity contribution in [2.45, 2.75) is 24.8 Å². The molecule has 2 nitrogen and oxygen atoms in total. The fourth-order valence-corrected chi connectivity index (χ4v) is 2.24. The molecule has 1 aliphatic carbocycles. The molecule has 0 saturated heterocycles. The van der Waals surface area contributed by atoms with Crippen molar-refractivity contribution in [3.05, 3.63) is 34.3 Å². The molecule has 0 amide bonds. The summed E-state index contributed by atoms with van der Waals surface area (Å²) >= 11 is 6.03. The zero-order valence-electron chi connectivity index (χ0n) is 8.32. The Labute approximate surface area is 93.9 Å². The third-order valence-corrected chi connectivity index (χ3v) is 3.23. The quantitative estimate of drug-likeness (QED) is 0.751. The Balaban J connectivity index is 2.01. The van der Waals surface area contributed by atoms with Crippen LogP contribution in [0, 0.1) is 0 Å². The van der Waals surface area contributed by atoms with E-state index in [9.17, 15) is 0 Å². The van der Waals surface area contributed by atoms with Crippen molar-refractivity contribution in [2.24, 2.45) is 4.99 Å². The molecule has 1 heterocycles. The topological polar surface area (TPSA) is 21.6 Å². The SMILES string of the molecule is Clc1ccc(C2COC=N2)c(C2CC2)c1. The number of hydrogen-bond acceptors (Lipinski definition) is 2. The summed E-state index contributed by atoms with van der Waals surface area (Å²) in [5.74, 6) is 0.703. The Morgan fingerprint density at radius 2 is 2.13 bits per heavy atom. The van der Waals surface area contributed by atoms with Gasteiger partial charge in [0, 0.05) is 5.02 Å². The Kier molecular flexibility index (Phi) is 2.17. The van der Waals surface area contributed by atoms with Crippen molar-refractivity contribution in [3.63, 3.8) is 0 Å². The predicted molar refractivity (Wildman–Crippen MR) is 60.6 cm³/mol. The van der Waals surface area contributed by atoms with E-state index in [0.717, 1.165) is 5.02 Å². The van der Waals surface area contributed by atoms with Gasteiger partial charge in [0.05, 0.1) is 0 Å². The van der Waals surface area contributed by atoms with Crippen LogP contribution in [-0.4, -0.2) is 13.0 Å². The van der Waals surface area contributed by atoms with Gasteiger partial charge in [-0.2, -0.15) is 0 Å². The van der Waals surface area contributed by atoms with Gasteiger partial charge in [-0.3, -0.25) is 0 Å². The summed E-state index contributed by atoms with van der Waals surface area (Å²) in [6.45, 7) is 0.668. The molecule has 1 fully saturated rings. The lowest BCUT2D eigenvalue weighted by Crippen LogP contribution is -2.01. The Morgan fingerprint density at radius 3 is 2.80 bits per heavy atom. The van der Waals surface area contributed by atoms with Crippen molar-refractivity contribution in [1.29, 1.82) is 0 Å². The lowest BCUT2D eigenvalue weighted by atomic mass is 9.98. The first kappa shape index (κ1) is 9.22. The van der Waals surface area contributed by atoms with Crippen LogP contribution in [0.15, 0.2) is 23.2 Å². The van der Waals surface area contributed by atoms with Crippen LogP contribution in [0.25, 0.3) is 0 Å². The van der Waals surface area contributed by atoms with Crippen molar-refractivity contribution in [2.75, 3.05) is 6.61 Å². The van der Waals surface area contributed by atoms with Crippen LogP contribution in [0.5, 0.6) is 0 Å². The van der Waals surface area contributed by atoms with Gasteiger partial charge >= 0.3 is 0 Å². The van der Waals surface area contributed by atoms with Gasteiger partial charge in [-0.05, 0) is 42.0 Å². The lowest BCUT2D eigenvalue weighted by Gasteiger charge is -2.12. The summed E-state index contributed by atoms with van der Waals surface area (Å²) in [5.41, 5.74) is 2.66. The fourth-order valence-electron chi connectivity index (χ4n) is 2.06. The first-order valence-electron chi connectivity index (χ1n) is 5.27. The maximum atomic E-state index is 6.03. The molecule has 78 valence electrons. The van der Waals surface area contributed by atoms with Crippen LogP contribution >= 0.6 is 11.6 Å². The molecule has 1 atom stereocenters. The third-order valence-electron chi connectivity index (χ3n) is 2.99. The molecule has 1 saturated carbocycles. The number of aliphatic imine (C=N–C) groups is 1. The van der Waals surface area contributed by atoms with E-state index in [-0.39, 0.29) is 6.04 Å². The van der Waals surface area contributed by atoms with E-state index in [1.165, 1.54) is 24.0 Å². The summed E-state index contributed by atoms with van der Waals surface area (Å²) in [7, 11) is 0. The molecule has 1 unspecified atom stereocenters. The second-order valence-electron chi connectivity index (χ2n) is 4.15. The van der Waals surface area contributed by atoms with Gasteiger partial charge in [0.1, 0.15) is 12.6 Å². The minimum absolute atomic E-state index is 0.179. The molecule has 0 radical (unpaired) electrons. The maximum Gasteiger partial charge on any atom is 0.170 e. The van der Waals surface area contributed by atoms with Crippen molar-refractivity contribution in [1.82, 2.24) is 0 Å². The number of halogens is 1. The molecule has 0 aromatic heterocycles. The molecule has 15 heavy (non-hydrogen) atoms. The average molecular weight is 222 g/mol. The van der Waals surface area contributed by atoms with Crippen LogP contribution in [0.4, 0.5) is 0 Å². The zero-order chi connectivity index (χ0) is 10.3. The van der Waals surface area contributed by atoms with Gasteiger partial charge in [0.15, 0.2) is 6.40 Å². The maximum absolute atomic E-state index is 6.03. The largest absolute Gasteiger partial charge is 0.481 e. The van der Waals surface area contributed by atoms with Crippen LogP contribution in [0.3, 0.4) is 0 Å². The highest BCUT2D eigenvalue weighted by molar-refractivity contribution is 6.30. The Morgan fingerprint density at radius 1 is 1.27 bits per heavy atom. The van der Waals surface area contributed by atoms with Crippen molar-refractivity contribution in [3.8, 4) is 0 Å². The van der Waals surface area contributed by atoms with Crippen LogP contribution in [0.2, 0.25) is 5.02 Å². The standard InChI is InChI=1S/C12H12ClNO/c13-9-3-4-10(12-6-15-7-14-12)11(5-9)8-1-2-8/h3-5,7-8,12H,1-2,6H2. The van der Waals surface area contributed by atoms with Crippen molar-refractivity contribution >= 4 is 18.0 Å². The number of rotatable bonds is 2. The highest BCUT2D eigenvalue weighted by Crippen LogP contribution is 2.44. The molecule has 2 aliphatic rings. The Bertz CT molecular complexity index is 412. The summed E-state index contributed by atoms with van der Waals surface area (Å²) in [6, 6.07) is 6.30. The molecule has 3 rings (SSSR count). The van der Waals surface area contributed by atoms with Crippen LogP contribution < -0.4 is 0 Å². The van der Waals surface area contributed by atoms with E-state index in [1.807, 2.05) is 6.07 Å². The summed E-state index contributed by atoms with van der Waals surface area (Å²) in [5, 5.41) is 0.823. The van der Waals surface area contributed by atoms with Gasteiger partial charge in [-0.15, -0.1) is 0 Å². The minimum atomic E-state index is 0.179. The molecule has 0 spiro atoms. The van der Waals surface area contributed by atoms with Gasteiger partial charge in [-0.1, -0.05) is 17.7 Å². The van der Waals surface area contributed by atoms with Gasteiger partial charge < -0.3 is 4.74 Å². The molecule has 1 aromatic rings. The molecule has 3 heteroatoms. The summed E-state index contributed by atoms with van der Waals surface area (Å²) in [4.78, 5) is 4.32. The van der Waals surface area contributed by atoms with Crippen molar-refractivity contribution < 1.29 is 4.74 Å². The fraction of sp³-hybridized carbons (Fsp3) is 0.417. The number of benzene rings is 1.